The fourth-order valence-electron chi connectivity index (χ4n) is 2.06. The van der Waals surface area contributed by atoms with Crippen LogP contribution < -0.4 is 4.74 Å². The summed E-state index contributed by atoms with van der Waals surface area (Å²) in [6, 6.07) is 18.7. The Labute approximate surface area is 116 Å². The highest BCUT2D eigenvalue weighted by molar-refractivity contribution is 5.63. The van der Waals surface area contributed by atoms with Crippen molar-refractivity contribution in [2.75, 3.05) is 6.61 Å². The van der Waals surface area contributed by atoms with E-state index in [2.05, 4.69) is 62.4 Å². The summed E-state index contributed by atoms with van der Waals surface area (Å²) < 4.78 is 5.75. The lowest BCUT2D eigenvalue weighted by Crippen LogP contribution is -1.99. The van der Waals surface area contributed by atoms with E-state index in [1.807, 2.05) is 6.07 Å². The molecule has 0 aliphatic heterocycles. The van der Waals surface area contributed by atoms with E-state index in [1.54, 1.807) is 0 Å². The molecule has 0 heterocycles. The van der Waals surface area contributed by atoms with Crippen LogP contribution in [0.2, 0.25) is 0 Å². The first-order valence-corrected chi connectivity index (χ1v) is 7.04. The van der Waals surface area contributed by atoms with E-state index in [1.165, 1.54) is 17.5 Å². The third kappa shape index (κ3) is 4.44. The zero-order chi connectivity index (χ0) is 13.5. The van der Waals surface area contributed by atoms with Crippen molar-refractivity contribution >= 4 is 0 Å². The average Bonchev–Trinajstić information content (AvgIpc) is 2.45. The van der Waals surface area contributed by atoms with Gasteiger partial charge in [-0.1, -0.05) is 56.3 Å². The SMILES string of the molecule is CC(C)CCCOc1ccc(-c2ccccc2)cc1. The predicted octanol–water partition coefficient (Wildman–Crippen LogP) is 5.17. The second-order valence-electron chi connectivity index (χ2n) is 5.27. The fourth-order valence-corrected chi connectivity index (χ4v) is 2.06. The highest BCUT2D eigenvalue weighted by Gasteiger charge is 1.99. The summed E-state index contributed by atoms with van der Waals surface area (Å²) in [4.78, 5) is 0. The molecule has 2 aromatic carbocycles. The average molecular weight is 254 g/mol. The van der Waals surface area contributed by atoms with Crippen LogP contribution in [0.15, 0.2) is 54.6 Å². The molecule has 0 radical (unpaired) electrons. The molecule has 1 nitrogen and oxygen atoms in total. The fraction of sp³-hybridized carbons (Fsp3) is 0.333. The maximum absolute atomic E-state index is 5.75. The zero-order valence-corrected chi connectivity index (χ0v) is 11.8. The van der Waals surface area contributed by atoms with Gasteiger partial charge in [0.05, 0.1) is 6.61 Å². The molecule has 0 saturated carbocycles. The molecule has 0 aliphatic carbocycles. The van der Waals surface area contributed by atoms with Gasteiger partial charge in [-0.2, -0.15) is 0 Å². The molecule has 0 bridgehead atoms. The third-order valence-corrected chi connectivity index (χ3v) is 3.16. The number of benzene rings is 2. The van der Waals surface area contributed by atoms with Crippen molar-refractivity contribution in [2.24, 2.45) is 5.92 Å². The van der Waals surface area contributed by atoms with E-state index in [-0.39, 0.29) is 0 Å². The molecule has 19 heavy (non-hydrogen) atoms. The van der Waals surface area contributed by atoms with Crippen molar-refractivity contribution in [1.82, 2.24) is 0 Å². The van der Waals surface area contributed by atoms with Gasteiger partial charge in [-0.05, 0) is 42.0 Å². The minimum absolute atomic E-state index is 0.754. The molecule has 100 valence electrons. The minimum atomic E-state index is 0.754. The Bertz CT molecular complexity index is 471. The lowest BCUT2D eigenvalue weighted by Gasteiger charge is -2.08. The maximum atomic E-state index is 5.75. The molecule has 2 aromatic rings. The normalized spacial score (nSPS) is 10.7. The molecule has 0 spiro atoms. The Kier molecular flexibility index (Phi) is 5.02. The minimum Gasteiger partial charge on any atom is -0.494 e. The van der Waals surface area contributed by atoms with Gasteiger partial charge in [-0.25, -0.2) is 0 Å². The molecule has 0 atom stereocenters. The van der Waals surface area contributed by atoms with E-state index in [4.69, 9.17) is 4.74 Å². The summed E-state index contributed by atoms with van der Waals surface area (Å²) in [5.41, 5.74) is 2.48. The second kappa shape index (κ2) is 6.98. The quantitative estimate of drug-likeness (QED) is 0.646. The smallest absolute Gasteiger partial charge is 0.119 e. The Morgan fingerprint density at radius 3 is 2.11 bits per heavy atom. The summed E-state index contributed by atoms with van der Waals surface area (Å²) in [6.07, 6.45) is 2.35. The van der Waals surface area contributed by atoms with E-state index in [0.29, 0.717) is 0 Å². The van der Waals surface area contributed by atoms with Crippen molar-refractivity contribution in [1.29, 1.82) is 0 Å². The summed E-state index contributed by atoms with van der Waals surface area (Å²) in [7, 11) is 0. The second-order valence-corrected chi connectivity index (χ2v) is 5.27. The summed E-state index contributed by atoms with van der Waals surface area (Å²) in [5.74, 6) is 1.72. The first-order chi connectivity index (χ1) is 9.25. The molecular weight excluding hydrogens is 232 g/mol. The monoisotopic (exact) mass is 254 g/mol. The summed E-state index contributed by atoms with van der Waals surface area (Å²) in [5, 5.41) is 0. The predicted molar refractivity (Wildman–Crippen MR) is 81.4 cm³/mol. The molecule has 0 N–H and O–H groups in total. The summed E-state index contributed by atoms with van der Waals surface area (Å²) in [6.45, 7) is 5.30. The molecule has 0 fully saturated rings. The van der Waals surface area contributed by atoms with Gasteiger partial charge in [-0.15, -0.1) is 0 Å². The lowest BCUT2D eigenvalue weighted by atomic mass is 10.1. The largest absolute Gasteiger partial charge is 0.494 e. The topological polar surface area (TPSA) is 9.23 Å². The van der Waals surface area contributed by atoms with Gasteiger partial charge in [0, 0.05) is 0 Å². The number of hydrogen-bond donors (Lipinski definition) is 0. The molecule has 0 aliphatic rings. The van der Waals surface area contributed by atoms with Gasteiger partial charge in [0.2, 0.25) is 0 Å². The molecule has 2 rings (SSSR count). The van der Waals surface area contributed by atoms with Crippen LogP contribution in [0.4, 0.5) is 0 Å². The molecule has 0 amide bonds. The number of rotatable bonds is 6. The Hall–Kier alpha value is -1.76. The van der Waals surface area contributed by atoms with Crippen LogP contribution in [0.3, 0.4) is 0 Å². The van der Waals surface area contributed by atoms with E-state index < -0.39 is 0 Å². The van der Waals surface area contributed by atoms with Crippen LogP contribution >= 0.6 is 0 Å². The van der Waals surface area contributed by atoms with Crippen LogP contribution in [0.5, 0.6) is 5.75 Å². The van der Waals surface area contributed by atoms with E-state index in [0.717, 1.165) is 24.7 Å². The van der Waals surface area contributed by atoms with Gasteiger partial charge in [-0.3, -0.25) is 0 Å². The highest BCUT2D eigenvalue weighted by atomic mass is 16.5. The highest BCUT2D eigenvalue weighted by Crippen LogP contribution is 2.22. The van der Waals surface area contributed by atoms with Crippen molar-refractivity contribution in [3.8, 4) is 16.9 Å². The number of ether oxygens (including phenoxy) is 1. The first-order valence-electron chi connectivity index (χ1n) is 7.04. The summed E-state index contributed by atoms with van der Waals surface area (Å²) >= 11 is 0. The van der Waals surface area contributed by atoms with Crippen molar-refractivity contribution in [3.05, 3.63) is 54.6 Å². The van der Waals surface area contributed by atoms with Crippen LogP contribution in [-0.4, -0.2) is 6.61 Å². The van der Waals surface area contributed by atoms with E-state index >= 15 is 0 Å². The molecule has 0 unspecified atom stereocenters. The van der Waals surface area contributed by atoms with Gasteiger partial charge in [0.15, 0.2) is 0 Å². The molecular formula is C18H22O. The maximum Gasteiger partial charge on any atom is 0.119 e. The Morgan fingerprint density at radius 1 is 0.842 bits per heavy atom. The van der Waals surface area contributed by atoms with Gasteiger partial charge in [0.1, 0.15) is 5.75 Å². The van der Waals surface area contributed by atoms with Crippen LogP contribution in [0.1, 0.15) is 26.7 Å². The van der Waals surface area contributed by atoms with Crippen LogP contribution in [0, 0.1) is 5.92 Å². The first kappa shape index (κ1) is 13.7. The number of hydrogen-bond acceptors (Lipinski definition) is 1. The Morgan fingerprint density at radius 2 is 1.47 bits per heavy atom. The van der Waals surface area contributed by atoms with Crippen molar-refractivity contribution in [2.45, 2.75) is 26.7 Å². The standard InChI is InChI=1S/C18H22O/c1-15(2)7-6-14-19-18-12-10-17(11-13-18)16-8-4-3-5-9-16/h3-5,8-13,15H,6-7,14H2,1-2H3. The van der Waals surface area contributed by atoms with Gasteiger partial charge in [0.25, 0.3) is 0 Å². The van der Waals surface area contributed by atoms with Crippen LogP contribution in [-0.2, 0) is 0 Å². The molecule has 0 saturated heterocycles. The molecule has 0 aromatic heterocycles. The lowest BCUT2D eigenvalue weighted by molar-refractivity contribution is 0.298. The Balaban J connectivity index is 1.88. The van der Waals surface area contributed by atoms with Gasteiger partial charge < -0.3 is 4.74 Å². The van der Waals surface area contributed by atoms with Gasteiger partial charge >= 0.3 is 0 Å². The zero-order valence-electron chi connectivity index (χ0n) is 11.8. The van der Waals surface area contributed by atoms with Crippen molar-refractivity contribution in [3.63, 3.8) is 0 Å². The third-order valence-electron chi connectivity index (χ3n) is 3.16. The van der Waals surface area contributed by atoms with E-state index in [9.17, 15) is 0 Å². The molecule has 1 heteroatoms. The van der Waals surface area contributed by atoms with Crippen molar-refractivity contribution < 1.29 is 4.74 Å². The van der Waals surface area contributed by atoms with Crippen LogP contribution in [0.25, 0.3) is 11.1 Å².